The summed E-state index contributed by atoms with van der Waals surface area (Å²) in [5, 5.41) is 19.9. The highest BCUT2D eigenvalue weighted by Gasteiger charge is 2.34. The Bertz CT molecular complexity index is 1430. The highest BCUT2D eigenvalue weighted by molar-refractivity contribution is 8.03. The SMILES string of the molecule is CCCCOc1ccc(NC(=O)CSC2=C(C#N)[C@H](c3ccccc3)C(C(=O)Nc3ccccc3)=C(C)N2)cc1. The van der Waals surface area contributed by atoms with Crippen molar-refractivity contribution in [1.82, 2.24) is 5.32 Å². The van der Waals surface area contributed by atoms with E-state index in [0.29, 0.717) is 39.9 Å². The van der Waals surface area contributed by atoms with Crippen LogP contribution in [0.5, 0.6) is 5.75 Å². The fourth-order valence-corrected chi connectivity index (χ4v) is 5.22. The summed E-state index contributed by atoms with van der Waals surface area (Å²) in [5.74, 6) is -0.231. The van der Waals surface area contributed by atoms with Crippen molar-refractivity contribution >= 4 is 35.0 Å². The topological polar surface area (TPSA) is 103 Å². The molecule has 4 rings (SSSR count). The molecule has 8 heteroatoms. The first-order chi connectivity index (χ1) is 19.5. The number of rotatable bonds is 11. The first kappa shape index (κ1) is 28.5. The average molecular weight is 553 g/mol. The Balaban J connectivity index is 1.50. The maximum absolute atomic E-state index is 13.5. The lowest BCUT2D eigenvalue weighted by Crippen LogP contribution is -2.31. The summed E-state index contributed by atoms with van der Waals surface area (Å²) in [6, 6.07) is 28.3. The third-order valence-corrected chi connectivity index (χ3v) is 7.33. The largest absolute Gasteiger partial charge is 0.494 e. The van der Waals surface area contributed by atoms with Gasteiger partial charge in [0, 0.05) is 22.6 Å². The van der Waals surface area contributed by atoms with Gasteiger partial charge < -0.3 is 20.7 Å². The smallest absolute Gasteiger partial charge is 0.254 e. The number of carbonyl (C=O) groups excluding carboxylic acids is 2. The molecule has 3 N–H and O–H groups in total. The van der Waals surface area contributed by atoms with E-state index in [2.05, 4.69) is 28.9 Å². The van der Waals surface area contributed by atoms with Gasteiger partial charge in [0.2, 0.25) is 5.91 Å². The number of anilines is 2. The Hall–Kier alpha value is -4.48. The zero-order valence-electron chi connectivity index (χ0n) is 22.6. The Morgan fingerprint density at radius 3 is 2.25 bits per heavy atom. The van der Waals surface area contributed by atoms with Gasteiger partial charge in [0.1, 0.15) is 5.75 Å². The molecule has 1 atom stereocenters. The highest BCUT2D eigenvalue weighted by atomic mass is 32.2. The second-order valence-corrected chi connectivity index (χ2v) is 10.2. The van der Waals surface area contributed by atoms with Crippen LogP contribution in [0, 0.1) is 11.3 Å². The number of hydrogen-bond donors (Lipinski definition) is 3. The summed E-state index contributed by atoms with van der Waals surface area (Å²) in [5.41, 5.74) is 3.63. The lowest BCUT2D eigenvalue weighted by atomic mass is 9.82. The van der Waals surface area contributed by atoms with Crippen LogP contribution in [0.3, 0.4) is 0 Å². The minimum atomic E-state index is -0.582. The maximum atomic E-state index is 13.5. The zero-order chi connectivity index (χ0) is 28.3. The number of ether oxygens (including phenoxy) is 1. The molecule has 0 spiro atoms. The van der Waals surface area contributed by atoms with Crippen LogP contribution in [0.15, 0.2) is 107 Å². The second-order valence-electron chi connectivity index (χ2n) is 9.25. The summed E-state index contributed by atoms with van der Waals surface area (Å²) in [6.07, 6.45) is 2.05. The van der Waals surface area contributed by atoms with Crippen LogP contribution in [0.2, 0.25) is 0 Å². The van der Waals surface area contributed by atoms with E-state index in [-0.39, 0.29) is 17.6 Å². The molecule has 0 saturated carbocycles. The quantitative estimate of drug-likeness (QED) is 0.233. The zero-order valence-corrected chi connectivity index (χ0v) is 23.4. The molecule has 0 fully saturated rings. The Kier molecular flexibility index (Phi) is 10.0. The molecule has 40 heavy (non-hydrogen) atoms. The number of thioether (sulfide) groups is 1. The molecule has 0 aromatic heterocycles. The van der Waals surface area contributed by atoms with Crippen molar-refractivity contribution in [2.45, 2.75) is 32.6 Å². The van der Waals surface area contributed by atoms with Crippen LogP contribution in [0.4, 0.5) is 11.4 Å². The van der Waals surface area contributed by atoms with Gasteiger partial charge in [0.05, 0.1) is 34.9 Å². The lowest BCUT2D eigenvalue weighted by molar-refractivity contribution is -0.114. The number of hydrogen-bond acceptors (Lipinski definition) is 6. The third kappa shape index (κ3) is 7.33. The van der Waals surface area contributed by atoms with Crippen molar-refractivity contribution in [3.63, 3.8) is 0 Å². The number of amides is 2. The van der Waals surface area contributed by atoms with Crippen LogP contribution in [0.1, 0.15) is 38.2 Å². The Morgan fingerprint density at radius 2 is 1.60 bits per heavy atom. The highest BCUT2D eigenvalue weighted by Crippen LogP contribution is 2.41. The molecular weight excluding hydrogens is 520 g/mol. The van der Waals surface area contributed by atoms with Crippen molar-refractivity contribution in [2.24, 2.45) is 0 Å². The third-order valence-electron chi connectivity index (χ3n) is 6.31. The van der Waals surface area contributed by atoms with E-state index < -0.39 is 5.92 Å². The van der Waals surface area contributed by atoms with Crippen molar-refractivity contribution in [3.05, 3.63) is 112 Å². The molecule has 7 nitrogen and oxygen atoms in total. The van der Waals surface area contributed by atoms with Gasteiger partial charge in [-0.3, -0.25) is 9.59 Å². The monoisotopic (exact) mass is 552 g/mol. The predicted octanol–water partition coefficient (Wildman–Crippen LogP) is 6.57. The number of para-hydroxylation sites is 1. The fraction of sp³-hybridized carbons (Fsp3) is 0.219. The lowest BCUT2D eigenvalue weighted by Gasteiger charge is -2.29. The molecule has 204 valence electrons. The molecule has 0 aliphatic carbocycles. The fourth-order valence-electron chi connectivity index (χ4n) is 4.33. The number of allylic oxidation sites excluding steroid dienone is 2. The summed E-state index contributed by atoms with van der Waals surface area (Å²) >= 11 is 1.24. The minimum absolute atomic E-state index is 0.0859. The summed E-state index contributed by atoms with van der Waals surface area (Å²) in [4.78, 5) is 26.3. The second kappa shape index (κ2) is 14.1. The number of carbonyl (C=O) groups is 2. The van der Waals surface area contributed by atoms with E-state index >= 15 is 0 Å². The first-order valence-corrected chi connectivity index (χ1v) is 14.2. The van der Waals surface area contributed by atoms with Crippen molar-refractivity contribution < 1.29 is 14.3 Å². The molecule has 0 saturated heterocycles. The normalized spacial score (nSPS) is 14.7. The van der Waals surface area contributed by atoms with E-state index in [4.69, 9.17) is 4.74 Å². The molecular formula is C32H32N4O3S. The van der Waals surface area contributed by atoms with E-state index in [1.807, 2.05) is 79.7 Å². The molecule has 0 bridgehead atoms. The standard InChI is InChI=1S/C32H32N4O3S/c1-3-4-19-39-26-17-15-25(16-18-26)35-28(37)21-40-32-27(20-33)30(23-11-7-5-8-12-23)29(22(2)34-32)31(38)36-24-13-9-6-10-14-24/h5-18,30,34H,3-4,19,21H2,1-2H3,(H,35,37)(H,36,38)/t30-/m0/s1. The van der Waals surface area contributed by atoms with Crippen LogP contribution in [-0.4, -0.2) is 24.2 Å². The number of nitriles is 1. The van der Waals surface area contributed by atoms with Crippen molar-refractivity contribution in [2.75, 3.05) is 23.0 Å². The number of benzene rings is 3. The van der Waals surface area contributed by atoms with E-state index in [1.165, 1.54) is 11.8 Å². The van der Waals surface area contributed by atoms with E-state index in [1.54, 1.807) is 12.1 Å². The number of nitrogens with one attached hydrogen (secondary N) is 3. The van der Waals surface area contributed by atoms with Gasteiger partial charge in [-0.2, -0.15) is 5.26 Å². The van der Waals surface area contributed by atoms with Gasteiger partial charge in [0.15, 0.2) is 0 Å². The van der Waals surface area contributed by atoms with Crippen molar-refractivity contribution in [1.29, 1.82) is 5.26 Å². The summed E-state index contributed by atoms with van der Waals surface area (Å²) in [7, 11) is 0. The van der Waals surface area contributed by atoms with Gasteiger partial charge in [-0.1, -0.05) is 73.6 Å². The molecule has 2 amide bonds. The molecule has 0 radical (unpaired) electrons. The van der Waals surface area contributed by atoms with Gasteiger partial charge in [-0.15, -0.1) is 0 Å². The molecule has 1 aliphatic heterocycles. The van der Waals surface area contributed by atoms with Crippen LogP contribution < -0.4 is 20.7 Å². The maximum Gasteiger partial charge on any atom is 0.254 e. The first-order valence-electron chi connectivity index (χ1n) is 13.2. The number of nitrogens with zero attached hydrogens (tertiary/aromatic N) is 1. The predicted molar refractivity (Wildman–Crippen MR) is 161 cm³/mol. The minimum Gasteiger partial charge on any atom is -0.494 e. The number of unbranched alkanes of at least 4 members (excludes halogenated alkanes) is 1. The van der Waals surface area contributed by atoms with Crippen LogP contribution in [0.25, 0.3) is 0 Å². The average Bonchev–Trinajstić information content (AvgIpc) is 2.97. The molecule has 1 heterocycles. The van der Waals surface area contributed by atoms with Crippen LogP contribution >= 0.6 is 11.8 Å². The van der Waals surface area contributed by atoms with E-state index in [0.717, 1.165) is 24.2 Å². The van der Waals surface area contributed by atoms with Crippen molar-refractivity contribution in [3.8, 4) is 11.8 Å². The molecule has 0 unspecified atom stereocenters. The van der Waals surface area contributed by atoms with Gasteiger partial charge in [-0.25, -0.2) is 0 Å². The summed E-state index contributed by atoms with van der Waals surface area (Å²) < 4.78 is 5.68. The Morgan fingerprint density at radius 1 is 0.950 bits per heavy atom. The van der Waals surface area contributed by atoms with Gasteiger partial charge in [0.25, 0.3) is 5.91 Å². The summed E-state index contributed by atoms with van der Waals surface area (Å²) in [6.45, 7) is 4.59. The van der Waals surface area contributed by atoms with Gasteiger partial charge in [-0.05, 0) is 55.3 Å². The Labute approximate surface area is 239 Å². The van der Waals surface area contributed by atoms with E-state index in [9.17, 15) is 14.9 Å². The molecule has 1 aliphatic rings. The molecule has 3 aromatic rings. The van der Waals surface area contributed by atoms with Gasteiger partial charge >= 0.3 is 0 Å². The van der Waals surface area contributed by atoms with Crippen LogP contribution in [-0.2, 0) is 9.59 Å². The molecule has 3 aromatic carbocycles. The number of dihydropyridines is 1.